The Morgan fingerprint density at radius 1 is 1.09 bits per heavy atom. The molecule has 0 aliphatic rings. The third kappa shape index (κ3) is 4.40. The smallest absolute Gasteiger partial charge is 0.175 e. The lowest BCUT2D eigenvalue weighted by Crippen LogP contribution is -2.19. The monoisotopic (exact) mass is 356 g/mol. The molecule has 0 bridgehead atoms. The van der Waals surface area contributed by atoms with E-state index in [1.54, 1.807) is 0 Å². The van der Waals surface area contributed by atoms with Crippen molar-refractivity contribution in [2.75, 3.05) is 17.2 Å². The summed E-state index contributed by atoms with van der Waals surface area (Å²) in [4.78, 5) is 0. The Balaban J connectivity index is 2.01. The second-order valence-corrected chi connectivity index (χ2v) is 5.55. The fraction of sp³-hybridized carbons (Fsp3) is 0.133. The van der Waals surface area contributed by atoms with Crippen molar-refractivity contribution in [1.29, 1.82) is 0 Å². The van der Waals surface area contributed by atoms with Crippen LogP contribution in [0.25, 0.3) is 0 Å². The second kappa shape index (κ2) is 7.54. The first-order chi connectivity index (χ1) is 10.5. The van der Waals surface area contributed by atoms with Crippen LogP contribution in [0, 0.1) is 0 Å². The lowest BCUT2D eigenvalue weighted by Gasteiger charge is -2.12. The van der Waals surface area contributed by atoms with Gasteiger partial charge in [-0.25, -0.2) is 0 Å². The Hall–Kier alpha value is -1.69. The number of ether oxygens (including phenoxy) is 1. The Morgan fingerprint density at radius 2 is 1.64 bits per heavy atom. The summed E-state index contributed by atoms with van der Waals surface area (Å²) < 4.78 is 5.37. The van der Waals surface area contributed by atoms with E-state index >= 15 is 0 Å². The Kier molecular flexibility index (Phi) is 5.71. The highest BCUT2D eigenvalue weighted by Gasteiger charge is 2.07. The highest BCUT2D eigenvalue weighted by molar-refractivity contribution is 7.80. The zero-order chi connectivity index (χ0) is 16.1. The third-order valence-corrected chi connectivity index (χ3v) is 3.48. The standard InChI is InChI=1S/C15H14Cl2N2O2S/c1-2-21-11-5-3-9(4-6-11)18-15(22)19-10-7-12(16)14(20)13(17)8-10/h3-8,20H,2H2,1H3,(H2,18,19,22). The molecular weight excluding hydrogens is 343 g/mol. The van der Waals surface area contributed by atoms with Crippen LogP contribution in [0.2, 0.25) is 10.0 Å². The number of hydrogen-bond acceptors (Lipinski definition) is 3. The Labute approximate surface area is 144 Å². The quantitative estimate of drug-likeness (QED) is 0.536. The number of aromatic hydroxyl groups is 1. The van der Waals surface area contributed by atoms with Crippen molar-refractivity contribution in [2.24, 2.45) is 0 Å². The number of phenols is 1. The van der Waals surface area contributed by atoms with Crippen molar-refractivity contribution >= 4 is 51.9 Å². The predicted octanol–water partition coefficient (Wildman–Crippen LogP) is 4.91. The van der Waals surface area contributed by atoms with Gasteiger partial charge in [-0.3, -0.25) is 0 Å². The van der Waals surface area contributed by atoms with Crippen LogP contribution in [0.1, 0.15) is 6.92 Å². The first kappa shape index (κ1) is 16.7. The van der Waals surface area contributed by atoms with Crippen LogP contribution in [0.3, 0.4) is 0 Å². The summed E-state index contributed by atoms with van der Waals surface area (Å²) >= 11 is 16.9. The molecule has 0 aliphatic heterocycles. The van der Waals surface area contributed by atoms with E-state index in [-0.39, 0.29) is 15.8 Å². The molecule has 2 aromatic rings. The van der Waals surface area contributed by atoms with E-state index in [0.717, 1.165) is 11.4 Å². The number of nitrogens with one attached hydrogen (secondary N) is 2. The van der Waals surface area contributed by atoms with Crippen molar-refractivity contribution < 1.29 is 9.84 Å². The van der Waals surface area contributed by atoms with Gasteiger partial charge in [-0.15, -0.1) is 0 Å². The minimum Gasteiger partial charge on any atom is -0.505 e. The minimum absolute atomic E-state index is 0.152. The van der Waals surface area contributed by atoms with Gasteiger partial charge in [-0.1, -0.05) is 23.2 Å². The number of rotatable bonds is 4. The molecule has 3 N–H and O–H groups in total. The van der Waals surface area contributed by atoms with Gasteiger partial charge in [0.25, 0.3) is 0 Å². The molecule has 0 spiro atoms. The fourth-order valence-corrected chi connectivity index (χ4v) is 2.46. The molecule has 0 fully saturated rings. The molecule has 0 aliphatic carbocycles. The molecule has 0 radical (unpaired) electrons. The first-order valence-corrected chi connectivity index (χ1v) is 7.65. The number of halogens is 2. The van der Waals surface area contributed by atoms with E-state index in [1.165, 1.54) is 12.1 Å². The number of phenolic OH excluding ortho intramolecular Hbond substituents is 1. The average Bonchev–Trinajstić information content (AvgIpc) is 2.47. The summed E-state index contributed by atoms with van der Waals surface area (Å²) in [5.41, 5.74) is 1.40. The third-order valence-electron chi connectivity index (χ3n) is 2.70. The summed E-state index contributed by atoms with van der Waals surface area (Å²) in [6, 6.07) is 10.5. The molecule has 0 atom stereocenters. The summed E-state index contributed by atoms with van der Waals surface area (Å²) in [6.45, 7) is 2.55. The van der Waals surface area contributed by atoms with Crippen LogP contribution >= 0.6 is 35.4 Å². The van der Waals surface area contributed by atoms with E-state index in [2.05, 4.69) is 10.6 Å². The first-order valence-electron chi connectivity index (χ1n) is 6.48. The van der Waals surface area contributed by atoms with Gasteiger partial charge < -0.3 is 20.5 Å². The lowest BCUT2D eigenvalue weighted by atomic mass is 10.3. The largest absolute Gasteiger partial charge is 0.505 e. The van der Waals surface area contributed by atoms with Gasteiger partial charge in [0.1, 0.15) is 5.75 Å². The molecule has 0 saturated heterocycles. The minimum atomic E-state index is -0.153. The van der Waals surface area contributed by atoms with E-state index in [4.69, 9.17) is 40.2 Å². The van der Waals surface area contributed by atoms with Gasteiger partial charge >= 0.3 is 0 Å². The molecule has 2 aromatic carbocycles. The topological polar surface area (TPSA) is 53.5 Å². The maximum Gasteiger partial charge on any atom is 0.175 e. The normalized spacial score (nSPS) is 10.1. The van der Waals surface area contributed by atoms with E-state index < -0.39 is 0 Å². The van der Waals surface area contributed by atoms with Crippen molar-refractivity contribution in [3.05, 3.63) is 46.4 Å². The molecule has 7 heteroatoms. The predicted molar refractivity (Wildman–Crippen MR) is 95.6 cm³/mol. The average molecular weight is 357 g/mol. The maximum absolute atomic E-state index is 9.52. The highest BCUT2D eigenvalue weighted by Crippen LogP contribution is 2.34. The van der Waals surface area contributed by atoms with Crippen LogP contribution in [0.15, 0.2) is 36.4 Å². The Morgan fingerprint density at radius 3 is 2.18 bits per heavy atom. The molecule has 0 aromatic heterocycles. The zero-order valence-electron chi connectivity index (χ0n) is 11.7. The molecule has 0 amide bonds. The number of hydrogen-bond donors (Lipinski definition) is 3. The van der Waals surface area contributed by atoms with E-state index in [0.29, 0.717) is 17.4 Å². The molecule has 116 valence electrons. The van der Waals surface area contributed by atoms with Crippen molar-refractivity contribution in [1.82, 2.24) is 0 Å². The van der Waals surface area contributed by atoms with E-state index in [1.807, 2.05) is 31.2 Å². The van der Waals surface area contributed by atoms with Crippen LogP contribution < -0.4 is 15.4 Å². The molecule has 0 unspecified atom stereocenters. The summed E-state index contributed by atoms with van der Waals surface area (Å²) in [7, 11) is 0. The maximum atomic E-state index is 9.52. The highest BCUT2D eigenvalue weighted by atomic mass is 35.5. The molecule has 4 nitrogen and oxygen atoms in total. The Bertz CT molecular complexity index is 655. The molecule has 0 saturated carbocycles. The zero-order valence-corrected chi connectivity index (χ0v) is 14.0. The SMILES string of the molecule is CCOc1ccc(NC(=S)Nc2cc(Cl)c(O)c(Cl)c2)cc1. The molecule has 2 rings (SSSR count). The van der Waals surface area contributed by atoms with Crippen LogP contribution in [-0.2, 0) is 0 Å². The number of benzene rings is 2. The van der Waals surface area contributed by atoms with E-state index in [9.17, 15) is 5.11 Å². The molecule has 22 heavy (non-hydrogen) atoms. The summed E-state index contributed by atoms with van der Waals surface area (Å²) in [5, 5.41) is 16.2. The van der Waals surface area contributed by atoms with Gasteiger partial charge in [-0.05, 0) is 55.5 Å². The number of anilines is 2. The van der Waals surface area contributed by atoms with Crippen LogP contribution in [0.5, 0.6) is 11.5 Å². The van der Waals surface area contributed by atoms with Gasteiger partial charge in [0, 0.05) is 11.4 Å². The van der Waals surface area contributed by atoms with Crippen LogP contribution in [0.4, 0.5) is 11.4 Å². The second-order valence-electron chi connectivity index (χ2n) is 4.33. The fourth-order valence-electron chi connectivity index (χ4n) is 1.73. The summed E-state index contributed by atoms with van der Waals surface area (Å²) in [5.74, 6) is 0.642. The number of thiocarbonyl (C=S) groups is 1. The van der Waals surface area contributed by atoms with Gasteiger partial charge in [0.05, 0.1) is 16.7 Å². The van der Waals surface area contributed by atoms with Gasteiger partial charge in [-0.2, -0.15) is 0 Å². The van der Waals surface area contributed by atoms with Gasteiger partial charge in [0.15, 0.2) is 10.9 Å². The molecular formula is C15H14Cl2N2O2S. The van der Waals surface area contributed by atoms with Crippen LogP contribution in [-0.4, -0.2) is 16.8 Å². The van der Waals surface area contributed by atoms with Crippen molar-refractivity contribution in [2.45, 2.75) is 6.92 Å². The van der Waals surface area contributed by atoms with Crippen molar-refractivity contribution in [3.8, 4) is 11.5 Å². The molecule has 0 heterocycles. The lowest BCUT2D eigenvalue weighted by molar-refractivity contribution is 0.340. The van der Waals surface area contributed by atoms with Crippen molar-refractivity contribution in [3.63, 3.8) is 0 Å². The van der Waals surface area contributed by atoms with Gasteiger partial charge in [0.2, 0.25) is 0 Å². The summed E-state index contributed by atoms with van der Waals surface area (Å²) in [6.07, 6.45) is 0.